The van der Waals surface area contributed by atoms with Gasteiger partial charge in [0.05, 0.1) is 11.9 Å². The summed E-state index contributed by atoms with van der Waals surface area (Å²) in [6, 6.07) is 3.79. The normalized spacial score (nSPS) is 23.1. The number of nitrogens with zero attached hydrogens (tertiary/aromatic N) is 5. The summed E-state index contributed by atoms with van der Waals surface area (Å²) < 4.78 is 7.30. The summed E-state index contributed by atoms with van der Waals surface area (Å²) in [4.78, 5) is 23.5. The van der Waals surface area contributed by atoms with Crippen LogP contribution < -0.4 is 5.32 Å². The van der Waals surface area contributed by atoms with Gasteiger partial charge in [0, 0.05) is 50.1 Å². The Kier molecular flexibility index (Phi) is 3.93. The fraction of sp³-hybridized carbons (Fsp3) is 0.474. The first kappa shape index (κ1) is 16.4. The molecule has 0 spiro atoms. The number of likely N-dealkylation sites (tertiary alicyclic amines) is 1. The molecule has 27 heavy (non-hydrogen) atoms. The van der Waals surface area contributed by atoms with Crippen molar-refractivity contribution in [2.45, 2.75) is 38.3 Å². The topological polar surface area (TPSA) is 88.6 Å². The number of carbonyl (C=O) groups is 1. The van der Waals surface area contributed by atoms with Crippen LogP contribution in [0.1, 0.15) is 47.6 Å². The summed E-state index contributed by atoms with van der Waals surface area (Å²) in [5.74, 6) is 2.22. The highest BCUT2D eigenvalue weighted by atomic mass is 16.5. The number of imidazole rings is 1. The van der Waals surface area contributed by atoms with E-state index in [9.17, 15) is 4.79 Å². The second-order valence-electron chi connectivity index (χ2n) is 7.68. The van der Waals surface area contributed by atoms with Crippen LogP contribution in [0.5, 0.6) is 0 Å². The monoisotopic (exact) mass is 366 g/mol. The largest absolute Gasteiger partial charge is 0.360 e. The van der Waals surface area contributed by atoms with Crippen molar-refractivity contribution in [2.24, 2.45) is 5.92 Å². The Bertz CT molecular complexity index is 975. The van der Waals surface area contributed by atoms with Crippen molar-refractivity contribution < 1.29 is 9.32 Å². The summed E-state index contributed by atoms with van der Waals surface area (Å²) >= 11 is 0. The van der Waals surface area contributed by atoms with Gasteiger partial charge in [-0.15, -0.1) is 0 Å². The second-order valence-corrected chi connectivity index (χ2v) is 7.68. The number of nitrogens with one attached hydrogen (secondary N) is 1. The fourth-order valence-electron chi connectivity index (χ4n) is 3.81. The molecule has 8 heteroatoms. The van der Waals surface area contributed by atoms with Crippen molar-refractivity contribution in [3.63, 3.8) is 0 Å². The van der Waals surface area contributed by atoms with E-state index in [1.54, 1.807) is 12.3 Å². The van der Waals surface area contributed by atoms with Crippen molar-refractivity contribution in [3.05, 3.63) is 47.9 Å². The molecule has 3 aromatic heterocycles. The molecule has 1 aliphatic heterocycles. The summed E-state index contributed by atoms with van der Waals surface area (Å²) in [5, 5.41) is 7.07. The smallest absolute Gasteiger partial charge is 0.273 e. The first-order valence-corrected chi connectivity index (χ1v) is 9.44. The number of hydrogen-bond donors (Lipinski definition) is 1. The Balaban J connectivity index is 1.23. The number of rotatable bonds is 5. The standard InChI is InChI=1S/C19H22N6O2/c1-12-9-24(10-14-8-21-19-20-5-2-6-25(14)19)11-16(12)22-18(26)15-7-17(27-23-15)13-3-4-13/h2,5-8,12-13,16H,3-4,9-11H2,1H3,(H,22,26)/t12-,16+/m0/s1. The van der Waals surface area contributed by atoms with Crippen molar-refractivity contribution in [1.29, 1.82) is 0 Å². The fourth-order valence-corrected chi connectivity index (χ4v) is 3.81. The van der Waals surface area contributed by atoms with Crippen molar-refractivity contribution >= 4 is 11.7 Å². The molecule has 0 aromatic carbocycles. The van der Waals surface area contributed by atoms with Crippen LogP contribution in [0.4, 0.5) is 0 Å². The first-order chi connectivity index (χ1) is 13.2. The van der Waals surface area contributed by atoms with E-state index in [2.05, 4.69) is 32.3 Å². The van der Waals surface area contributed by atoms with Crippen LogP contribution >= 0.6 is 0 Å². The lowest BCUT2D eigenvalue weighted by atomic mass is 10.1. The van der Waals surface area contributed by atoms with Crippen LogP contribution in [-0.4, -0.2) is 49.5 Å². The Labute approximate surface area is 156 Å². The molecule has 1 amide bonds. The van der Waals surface area contributed by atoms with Gasteiger partial charge in [0.15, 0.2) is 5.69 Å². The van der Waals surface area contributed by atoms with E-state index in [1.165, 1.54) is 0 Å². The number of carbonyl (C=O) groups excluding carboxylic acids is 1. The number of aromatic nitrogens is 4. The van der Waals surface area contributed by atoms with Gasteiger partial charge in [0.25, 0.3) is 5.91 Å². The Hall–Kier alpha value is -2.74. The molecule has 0 bridgehead atoms. The van der Waals surface area contributed by atoms with Gasteiger partial charge in [-0.25, -0.2) is 9.97 Å². The van der Waals surface area contributed by atoms with E-state index in [1.807, 2.05) is 22.9 Å². The third-order valence-corrected chi connectivity index (χ3v) is 5.50. The molecule has 3 aromatic rings. The van der Waals surface area contributed by atoms with E-state index in [0.29, 0.717) is 23.3 Å². The SMILES string of the molecule is C[C@H]1CN(Cc2cnc3ncccn23)C[C@H]1NC(=O)c1cc(C2CC2)on1. The molecule has 1 saturated carbocycles. The third-order valence-electron chi connectivity index (χ3n) is 5.50. The van der Waals surface area contributed by atoms with Gasteiger partial charge in [0.1, 0.15) is 5.76 Å². The molecule has 1 saturated heterocycles. The predicted molar refractivity (Wildman–Crippen MR) is 97.2 cm³/mol. The van der Waals surface area contributed by atoms with Crippen LogP contribution in [0.25, 0.3) is 5.78 Å². The minimum atomic E-state index is -0.150. The van der Waals surface area contributed by atoms with Crippen molar-refractivity contribution in [2.75, 3.05) is 13.1 Å². The molecule has 1 aliphatic carbocycles. The highest BCUT2D eigenvalue weighted by molar-refractivity contribution is 5.92. The van der Waals surface area contributed by atoms with Gasteiger partial charge in [-0.1, -0.05) is 12.1 Å². The van der Waals surface area contributed by atoms with Gasteiger partial charge < -0.3 is 9.84 Å². The Morgan fingerprint density at radius 3 is 3.07 bits per heavy atom. The van der Waals surface area contributed by atoms with E-state index in [4.69, 9.17) is 4.52 Å². The van der Waals surface area contributed by atoms with Crippen LogP contribution in [0.2, 0.25) is 0 Å². The zero-order valence-corrected chi connectivity index (χ0v) is 15.2. The van der Waals surface area contributed by atoms with Gasteiger partial charge in [-0.3, -0.25) is 14.1 Å². The molecule has 5 rings (SSSR count). The van der Waals surface area contributed by atoms with E-state index < -0.39 is 0 Å². The maximum absolute atomic E-state index is 12.5. The average molecular weight is 366 g/mol. The molecule has 140 valence electrons. The highest BCUT2D eigenvalue weighted by Crippen LogP contribution is 2.40. The summed E-state index contributed by atoms with van der Waals surface area (Å²) in [6.45, 7) is 4.66. The zero-order chi connectivity index (χ0) is 18.4. The lowest BCUT2D eigenvalue weighted by Crippen LogP contribution is -2.40. The number of hydrogen-bond acceptors (Lipinski definition) is 6. The first-order valence-electron chi connectivity index (χ1n) is 9.44. The molecule has 2 atom stereocenters. The molecule has 2 fully saturated rings. The van der Waals surface area contributed by atoms with Crippen LogP contribution in [0.3, 0.4) is 0 Å². The third kappa shape index (κ3) is 3.21. The summed E-state index contributed by atoms with van der Waals surface area (Å²) in [6.07, 6.45) is 7.85. The Morgan fingerprint density at radius 1 is 1.33 bits per heavy atom. The summed E-state index contributed by atoms with van der Waals surface area (Å²) in [7, 11) is 0. The van der Waals surface area contributed by atoms with Gasteiger partial charge in [-0.2, -0.15) is 0 Å². The van der Waals surface area contributed by atoms with Crippen LogP contribution in [-0.2, 0) is 6.54 Å². The summed E-state index contributed by atoms with van der Waals surface area (Å²) in [5.41, 5.74) is 1.48. The molecule has 2 aliphatic rings. The Morgan fingerprint density at radius 2 is 2.22 bits per heavy atom. The maximum atomic E-state index is 12.5. The number of amides is 1. The molecular weight excluding hydrogens is 344 g/mol. The van der Waals surface area contributed by atoms with Gasteiger partial charge in [-0.05, 0) is 24.8 Å². The molecule has 0 radical (unpaired) electrons. The van der Waals surface area contributed by atoms with Gasteiger partial charge >= 0.3 is 0 Å². The van der Waals surface area contributed by atoms with E-state index in [-0.39, 0.29) is 11.9 Å². The zero-order valence-electron chi connectivity index (χ0n) is 15.2. The average Bonchev–Trinajstić information content (AvgIpc) is 3.11. The van der Waals surface area contributed by atoms with Crippen molar-refractivity contribution in [1.82, 2.24) is 29.7 Å². The minimum absolute atomic E-state index is 0.0934. The minimum Gasteiger partial charge on any atom is -0.360 e. The second kappa shape index (κ2) is 6.45. The quantitative estimate of drug-likeness (QED) is 0.741. The van der Waals surface area contributed by atoms with Crippen molar-refractivity contribution in [3.8, 4) is 0 Å². The highest BCUT2D eigenvalue weighted by Gasteiger charge is 2.33. The van der Waals surface area contributed by atoms with Crippen LogP contribution in [0, 0.1) is 5.92 Å². The van der Waals surface area contributed by atoms with E-state index in [0.717, 1.165) is 43.9 Å². The molecule has 1 N–H and O–H groups in total. The molecule has 4 heterocycles. The molecule has 8 nitrogen and oxygen atoms in total. The molecular formula is C19H22N6O2. The number of fused-ring (bicyclic) bond motifs is 1. The maximum Gasteiger partial charge on any atom is 0.273 e. The molecule has 0 unspecified atom stereocenters. The lowest BCUT2D eigenvalue weighted by molar-refractivity contribution is 0.0922. The van der Waals surface area contributed by atoms with E-state index >= 15 is 0 Å². The lowest BCUT2D eigenvalue weighted by Gasteiger charge is -2.16. The van der Waals surface area contributed by atoms with Crippen LogP contribution in [0.15, 0.2) is 35.2 Å². The predicted octanol–water partition coefficient (Wildman–Crippen LogP) is 1.84. The van der Waals surface area contributed by atoms with Gasteiger partial charge in [0.2, 0.25) is 5.78 Å².